The van der Waals surface area contributed by atoms with Gasteiger partial charge in [-0.1, -0.05) is 13.8 Å². The number of aliphatic hydroxyl groups is 1. The first-order chi connectivity index (χ1) is 6.22. The Morgan fingerprint density at radius 2 is 2.08 bits per heavy atom. The van der Waals surface area contributed by atoms with Crippen LogP contribution < -0.4 is 0 Å². The zero-order valence-corrected chi connectivity index (χ0v) is 8.58. The predicted molar refractivity (Wildman–Crippen MR) is 51.4 cm³/mol. The molecule has 0 heterocycles. The van der Waals surface area contributed by atoms with Crippen LogP contribution in [0.1, 0.15) is 39.5 Å². The topological polar surface area (TPSA) is 46.5 Å². The zero-order chi connectivity index (χ0) is 10.1. The smallest absolute Gasteiger partial charge is 0.308 e. The molecule has 0 amide bonds. The highest BCUT2D eigenvalue weighted by Crippen LogP contribution is 2.04. The number of esters is 1. The van der Waals surface area contributed by atoms with E-state index in [0.717, 1.165) is 25.7 Å². The van der Waals surface area contributed by atoms with Gasteiger partial charge in [-0.3, -0.25) is 4.79 Å². The Morgan fingerprint density at radius 1 is 1.38 bits per heavy atom. The fourth-order valence-corrected chi connectivity index (χ4v) is 0.872. The average molecular weight is 188 g/mol. The molecule has 1 atom stereocenters. The van der Waals surface area contributed by atoms with Crippen molar-refractivity contribution in [1.82, 2.24) is 0 Å². The second kappa shape index (κ2) is 8.05. The van der Waals surface area contributed by atoms with Crippen LogP contribution in [0, 0.1) is 5.92 Å². The highest BCUT2D eigenvalue weighted by atomic mass is 16.5. The Hall–Kier alpha value is -0.570. The van der Waals surface area contributed by atoms with E-state index in [9.17, 15) is 4.79 Å². The van der Waals surface area contributed by atoms with Crippen LogP contribution in [0.25, 0.3) is 0 Å². The summed E-state index contributed by atoms with van der Waals surface area (Å²) in [4.78, 5) is 11.1. The molecule has 0 aliphatic carbocycles. The number of carbonyl (C=O) groups excluding carboxylic acids is 1. The molecule has 1 N–H and O–H groups in total. The summed E-state index contributed by atoms with van der Waals surface area (Å²) in [7, 11) is 0. The molecular formula is C10H20O3. The van der Waals surface area contributed by atoms with Crippen molar-refractivity contribution in [2.24, 2.45) is 5.92 Å². The SMILES string of the molecule is CCC(C)C(=O)OCCCCCO. The lowest BCUT2D eigenvalue weighted by molar-refractivity contribution is -0.148. The molecule has 0 rings (SSSR count). The van der Waals surface area contributed by atoms with Gasteiger partial charge in [-0.2, -0.15) is 0 Å². The lowest BCUT2D eigenvalue weighted by Gasteiger charge is -2.08. The first-order valence-electron chi connectivity index (χ1n) is 4.99. The standard InChI is InChI=1S/C10H20O3/c1-3-9(2)10(12)13-8-6-4-5-7-11/h9,11H,3-8H2,1-2H3. The highest BCUT2D eigenvalue weighted by Gasteiger charge is 2.10. The van der Waals surface area contributed by atoms with Gasteiger partial charge in [0.05, 0.1) is 12.5 Å². The van der Waals surface area contributed by atoms with Crippen molar-refractivity contribution in [3.05, 3.63) is 0 Å². The van der Waals surface area contributed by atoms with Gasteiger partial charge in [0.1, 0.15) is 0 Å². The van der Waals surface area contributed by atoms with Crippen molar-refractivity contribution >= 4 is 5.97 Å². The number of aliphatic hydroxyl groups excluding tert-OH is 1. The molecule has 0 radical (unpaired) electrons. The largest absolute Gasteiger partial charge is 0.465 e. The van der Waals surface area contributed by atoms with E-state index in [4.69, 9.17) is 9.84 Å². The fourth-order valence-electron chi connectivity index (χ4n) is 0.872. The van der Waals surface area contributed by atoms with Crippen LogP contribution in [0.2, 0.25) is 0 Å². The molecule has 13 heavy (non-hydrogen) atoms. The summed E-state index contributed by atoms with van der Waals surface area (Å²) in [5.74, 6) is -0.0932. The maximum atomic E-state index is 11.1. The average Bonchev–Trinajstić information content (AvgIpc) is 2.16. The van der Waals surface area contributed by atoms with Crippen LogP contribution in [0.5, 0.6) is 0 Å². The minimum Gasteiger partial charge on any atom is -0.465 e. The molecule has 0 spiro atoms. The van der Waals surface area contributed by atoms with Crippen LogP contribution in [0.3, 0.4) is 0 Å². The van der Waals surface area contributed by atoms with Crippen LogP contribution in [-0.4, -0.2) is 24.3 Å². The quantitative estimate of drug-likeness (QED) is 0.489. The third kappa shape index (κ3) is 6.58. The summed E-state index contributed by atoms with van der Waals surface area (Å²) < 4.78 is 5.02. The molecule has 0 saturated heterocycles. The normalized spacial score (nSPS) is 12.5. The fraction of sp³-hybridized carbons (Fsp3) is 0.900. The zero-order valence-electron chi connectivity index (χ0n) is 8.58. The second-order valence-corrected chi connectivity index (χ2v) is 3.26. The van der Waals surface area contributed by atoms with E-state index in [-0.39, 0.29) is 18.5 Å². The summed E-state index contributed by atoms with van der Waals surface area (Å²) >= 11 is 0. The lowest BCUT2D eigenvalue weighted by Crippen LogP contribution is -2.14. The summed E-state index contributed by atoms with van der Waals surface area (Å²) in [6, 6.07) is 0. The summed E-state index contributed by atoms with van der Waals surface area (Å²) in [6.07, 6.45) is 3.39. The number of hydrogen-bond acceptors (Lipinski definition) is 3. The van der Waals surface area contributed by atoms with Gasteiger partial charge in [-0.05, 0) is 25.7 Å². The van der Waals surface area contributed by atoms with Crippen molar-refractivity contribution in [3.8, 4) is 0 Å². The molecule has 1 unspecified atom stereocenters. The van der Waals surface area contributed by atoms with Gasteiger partial charge in [0.25, 0.3) is 0 Å². The van der Waals surface area contributed by atoms with Crippen LogP contribution in [0.4, 0.5) is 0 Å². The second-order valence-electron chi connectivity index (χ2n) is 3.26. The first kappa shape index (κ1) is 12.4. The molecule has 78 valence electrons. The number of hydrogen-bond donors (Lipinski definition) is 1. The van der Waals surface area contributed by atoms with Crippen molar-refractivity contribution < 1.29 is 14.6 Å². The molecule has 3 nitrogen and oxygen atoms in total. The third-order valence-electron chi connectivity index (χ3n) is 2.06. The van der Waals surface area contributed by atoms with E-state index < -0.39 is 0 Å². The van der Waals surface area contributed by atoms with Gasteiger partial charge in [-0.25, -0.2) is 0 Å². The number of rotatable bonds is 7. The third-order valence-corrected chi connectivity index (χ3v) is 2.06. The Kier molecular flexibility index (Phi) is 7.69. The Morgan fingerprint density at radius 3 is 2.62 bits per heavy atom. The molecule has 0 aromatic rings. The minimum absolute atomic E-state index is 0.0119. The van der Waals surface area contributed by atoms with Crippen LogP contribution in [-0.2, 0) is 9.53 Å². The summed E-state index contributed by atoms with van der Waals surface area (Å²) in [5, 5.41) is 8.49. The Balaban J connectivity index is 3.27. The van der Waals surface area contributed by atoms with E-state index in [1.807, 2.05) is 13.8 Å². The van der Waals surface area contributed by atoms with Gasteiger partial charge >= 0.3 is 5.97 Å². The minimum atomic E-state index is -0.105. The molecule has 0 aromatic carbocycles. The van der Waals surface area contributed by atoms with Gasteiger partial charge in [0.2, 0.25) is 0 Å². The van der Waals surface area contributed by atoms with E-state index in [1.54, 1.807) is 0 Å². The molecule has 0 aliphatic heterocycles. The monoisotopic (exact) mass is 188 g/mol. The van der Waals surface area contributed by atoms with E-state index in [1.165, 1.54) is 0 Å². The molecule has 0 bridgehead atoms. The van der Waals surface area contributed by atoms with Gasteiger partial charge in [0.15, 0.2) is 0 Å². The molecule has 0 saturated carbocycles. The maximum Gasteiger partial charge on any atom is 0.308 e. The van der Waals surface area contributed by atoms with Crippen molar-refractivity contribution in [3.63, 3.8) is 0 Å². The van der Waals surface area contributed by atoms with Gasteiger partial charge in [-0.15, -0.1) is 0 Å². The molecule has 0 aliphatic rings. The lowest BCUT2D eigenvalue weighted by atomic mass is 10.1. The van der Waals surface area contributed by atoms with Crippen LogP contribution in [0.15, 0.2) is 0 Å². The first-order valence-corrected chi connectivity index (χ1v) is 4.99. The molecule has 0 aromatic heterocycles. The molecular weight excluding hydrogens is 168 g/mol. The van der Waals surface area contributed by atoms with E-state index in [0.29, 0.717) is 6.61 Å². The van der Waals surface area contributed by atoms with E-state index >= 15 is 0 Å². The van der Waals surface area contributed by atoms with Crippen molar-refractivity contribution in [2.45, 2.75) is 39.5 Å². The van der Waals surface area contributed by atoms with Gasteiger partial charge < -0.3 is 9.84 Å². The summed E-state index contributed by atoms with van der Waals surface area (Å²) in [5.41, 5.74) is 0. The summed E-state index contributed by atoms with van der Waals surface area (Å²) in [6.45, 7) is 4.55. The Labute approximate surface area is 80.1 Å². The number of carbonyl (C=O) groups is 1. The number of unbranched alkanes of at least 4 members (excludes halogenated alkanes) is 2. The number of ether oxygens (including phenoxy) is 1. The molecule has 3 heteroatoms. The predicted octanol–water partition coefficient (Wildman–Crippen LogP) is 1.74. The van der Waals surface area contributed by atoms with Crippen molar-refractivity contribution in [1.29, 1.82) is 0 Å². The Bertz CT molecular complexity index is 134. The van der Waals surface area contributed by atoms with E-state index in [2.05, 4.69) is 0 Å². The van der Waals surface area contributed by atoms with Crippen molar-refractivity contribution in [2.75, 3.05) is 13.2 Å². The maximum absolute atomic E-state index is 11.1. The van der Waals surface area contributed by atoms with Gasteiger partial charge in [0, 0.05) is 6.61 Å². The molecule has 0 fully saturated rings. The van der Waals surface area contributed by atoms with Crippen LogP contribution >= 0.6 is 0 Å². The highest BCUT2D eigenvalue weighted by molar-refractivity contribution is 5.71.